The first-order valence-electron chi connectivity index (χ1n) is 8.66. The normalized spacial score (nSPS) is 19.2. The first-order valence-corrected chi connectivity index (χ1v) is 10.3. The van der Waals surface area contributed by atoms with Gasteiger partial charge in [0.05, 0.1) is 17.0 Å². The van der Waals surface area contributed by atoms with Gasteiger partial charge < -0.3 is 14.9 Å². The van der Waals surface area contributed by atoms with Crippen molar-refractivity contribution in [3.63, 3.8) is 0 Å². The van der Waals surface area contributed by atoms with Crippen molar-refractivity contribution >= 4 is 27.5 Å². The van der Waals surface area contributed by atoms with Crippen molar-refractivity contribution in [2.24, 2.45) is 0 Å². The van der Waals surface area contributed by atoms with E-state index in [9.17, 15) is 23.1 Å². The lowest BCUT2D eigenvalue weighted by Crippen LogP contribution is -2.53. The van der Waals surface area contributed by atoms with Gasteiger partial charge in [-0.2, -0.15) is 0 Å². The maximum Gasteiger partial charge on any atom is 0.256 e. The second kappa shape index (κ2) is 6.88. The number of hydrogen-bond acceptors (Lipinski definition) is 5. The molecule has 1 aromatic rings. The summed E-state index contributed by atoms with van der Waals surface area (Å²) in [5.41, 5.74) is -0.660. The zero-order chi connectivity index (χ0) is 18.9. The molecule has 9 heteroatoms. The van der Waals surface area contributed by atoms with E-state index >= 15 is 0 Å². The molecule has 1 heterocycles. The number of nitrogens with one attached hydrogen (secondary N) is 1. The van der Waals surface area contributed by atoms with Crippen molar-refractivity contribution in [3.05, 3.63) is 29.8 Å². The molecule has 2 N–H and O–H groups in total. The quantitative estimate of drug-likeness (QED) is 0.761. The fraction of sp³-hybridized carbons (Fsp3) is 0.529. The summed E-state index contributed by atoms with van der Waals surface area (Å²) in [5, 5.41) is 9.93. The van der Waals surface area contributed by atoms with Crippen LogP contribution in [-0.2, 0) is 14.8 Å². The van der Waals surface area contributed by atoms with Gasteiger partial charge in [-0.25, -0.2) is 8.42 Å². The van der Waals surface area contributed by atoms with E-state index < -0.39 is 15.6 Å². The van der Waals surface area contributed by atoms with Crippen LogP contribution in [0.15, 0.2) is 24.3 Å². The van der Waals surface area contributed by atoms with Gasteiger partial charge in [-0.1, -0.05) is 12.1 Å². The van der Waals surface area contributed by atoms with Gasteiger partial charge in [0.1, 0.15) is 5.60 Å². The summed E-state index contributed by atoms with van der Waals surface area (Å²) in [7, 11) is -3.49. The summed E-state index contributed by atoms with van der Waals surface area (Å²) < 4.78 is 26.1. The molecule has 1 aliphatic carbocycles. The molecular formula is C17H23N3O5S. The summed E-state index contributed by atoms with van der Waals surface area (Å²) in [6.07, 6.45) is 0.992. The molecule has 142 valence electrons. The average Bonchev–Trinajstić information content (AvgIpc) is 3.39. The summed E-state index contributed by atoms with van der Waals surface area (Å²) in [6, 6.07) is 6.49. The lowest BCUT2D eigenvalue weighted by molar-refractivity contribution is -0.143. The number of nitrogens with zero attached hydrogens (tertiary/aromatic N) is 2. The van der Waals surface area contributed by atoms with Crippen molar-refractivity contribution in [1.82, 2.24) is 9.80 Å². The van der Waals surface area contributed by atoms with Gasteiger partial charge in [0.25, 0.3) is 11.8 Å². The second-order valence-electron chi connectivity index (χ2n) is 6.67. The highest BCUT2D eigenvalue weighted by atomic mass is 32.2. The van der Waals surface area contributed by atoms with Crippen molar-refractivity contribution in [2.75, 3.05) is 36.7 Å². The van der Waals surface area contributed by atoms with Crippen LogP contribution in [0.4, 0.5) is 5.69 Å². The molecule has 0 unspecified atom stereocenters. The zero-order valence-corrected chi connectivity index (χ0v) is 15.5. The number of para-hydroxylation sites is 1. The fourth-order valence-corrected chi connectivity index (χ4v) is 3.57. The first-order chi connectivity index (χ1) is 12.3. The highest BCUT2D eigenvalue weighted by Gasteiger charge is 2.50. The third-order valence-electron chi connectivity index (χ3n) is 4.78. The molecule has 0 atom stereocenters. The Bertz CT molecular complexity index is 811. The van der Waals surface area contributed by atoms with Crippen LogP contribution >= 0.6 is 0 Å². The molecule has 2 aliphatic rings. The lowest BCUT2D eigenvalue weighted by Gasteiger charge is -2.36. The van der Waals surface area contributed by atoms with Gasteiger partial charge in [-0.15, -0.1) is 0 Å². The molecule has 1 aromatic carbocycles. The summed E-state index contributed by atoms with van der Waals surface area (Å²) in [4.78, 5) is 28.2. The molecule has 8 nitrogen and oxygen atoms in total. The summed E-state index contributed by atoms with van der Waals surface area (Å²) in [6.45, 7) is 2.92. The maximum atomic E-state index is 12.8. The number of carbonyl (C=O) groups excluding carboxylic acids is 2. The Labute approximate surface area is 152 Å². The van der Waals surface area contributed by atoms with Gasteiger partial charge in [0, 0.05) is 26.2 Å². The van der Waals surface area contributed by atoms with E-state index in [1.165, 1.54) is 6.92 Å². The Morgan fingerprint density at radius 2 is 1.69 bits per heavy atom. The minimum Gasteiger partial charge on any atom is -0.380 e. The highest BCUT2D eigenvalue weighted by Crippen LogP contribution is 2.37. The standard InChI is InChI=1S/C17H23N3O5S/c1-2-26(24,25)18-14-6-4-3-5-13(14)15(21)19-9-11-20(12-10-19)16(22)17(23)7-8-17/h3-6,18,23H,2,7-12H2,1H3. The van der Waals surface area contributed by atoms with Crippen molar-refractivity contribution in [3.8, 4) is 0 Å². The Hall–Kier alpha value is -2.13. The molecule has 0 spiro atoms. The fourth-order valence-electron chi connectivity index (χ4n) is 2.91. The predicted molar refractivity (Wildman–Crippen MR) is 96.2 cm³/mol. The predicted octanol–water partition coefficient (Wildman–Crippen LogP) is 0.258. The average molecular weight is 381 g/mol. The monoisotopic (exact) mass is 381 g/mol. The number of anilines is 1. The zero-order valence-electron chi connectivity index (χ0n) is 14.6. The number of aliphatic hydroxyl groups is 1. The van der Waals surface area contributed by atoms with Gasteiger partial charge in [0.2, 0.25) is 10.0 Å². The molecule has 1 saturated heterocycles. The second-order valence-corrected chi connectivity index (χ2v) is 8.68. The molecule has 0 radical (unpaired) electrons. The van der Waals surface area contributed by atoms with Crippen molar-refractivity contribution in [1.29, 1.82) is 0 Å². The molecule has 1 saturated carbocycles. The number of benzene rings is 1. The van der Waals surface area contributed by atoms with Crippen LogP contribution < -0.4 is 4.72 Å². The molecular weight excluding hydrogens is 358 g/mol. The first kappa shape index (κ1) is 18.7. The Balaban J connectivity index is 1.68. The minimum atomic E-state index is -3.49. The number of rotatable bonds is 5. The van der Waals surface area contributed by atoms with E-state index in [0.717, 1.165) is 0 Å². The van der Waals surface area contributed by atoms with E-state index in [1.54, 1.807) is 34.1 Å². The topological polar surface area (TPSA) is 107 Å². The van der Waals surface area contributed by atoms with Gasteiger partial charge in [-0.3, -0.25) is 14.3 Å². The van der Waals surface area contributed by atoms with Crippen LogP contribution in [0.2, 0.25) is 0 Å². The van der Waals surface area contributed by atoms with Crippen LogP contribution in [0, 0.1) is 0 Å². The molecule has 0 aromatic heterocycles. The number of sulfonamides is 1. The summed E-state index contributed by atoms with van der Waals surface area (Å²) in [5.74, 6) is -0.628. The minimum absolute atomic E-state index is 0.0841. The smallest absolute Gasteiger partial charge is 0.256 e. The largest absolute Gasteiger partial charge is 0.380 e. The number of hydrogen-bond donors (Lipinski definition) is 2. The third-order valence-corrected chi connectivity index (χ3v) is 6.07. The van der Waals surface area contributed by atoms with Crippen LogP contribution in [0.25, 0.3) is 0 Å². The SMILES string of the molecule is CCS(=O)(=O)Nc1ccccc1C(=O)N1CCN(C(=O)C2(O)CC2)CC1. The Kier molecular flexibility index (Phi) is 4.94. The molecule has 2 fully saturated rings. The lowest BCUT2D eigenvalue weighted by atomic mass is 10.1. The number of carbonyl (C=O) groups is 2. The molecule has 2 amide bonds. The molecule has 0 bridgehead atoms. The number of amides is 2. The van der Waals surface area contributed by atoms with Crippen LogP contribution in [0.5, 0.6) is 0 Å². The van der Waals surface area contributed by atoms with E-state index in [1.807, 2.05) is 0 Å². The highest BCUT2D eigenvalue weighted by molar-refractivity contribution is 7.92. The third kappa shape index (κ3) is 3.83. The molecule has 3 rings (SSSR count). The molecule has 1 aliphatic heterocycles. The Morgan fingerprint density at radius 1 is 1.12 bits per heavy atom. The molecule has 26 heavy (non-hydrogen) atoms. The Morgan fingerprint density at radius 3 is 2.27 bits per heavy atom. The van der Waals surface area contributed by atoms with Crippen LogP contribution in [0.1, 0.15) is 30.1 Å². The van der Waals surface area contributed by atoms with Crippen LogP contribution in [-0.4, -0.2) is 72.7 Å². The van der Waals surface area contributed by atoms with E-state index in [0.29, 0.717) is 39.0 Å². The van der Waals surface area contributed by atoms with Gasteiger partial charge in [-0.05, 0) is 31.9 Å². The van der Waals surface area contributed by atoms with E-state index in [2.05, 4.69) is 4.72 Å². The maximum absolute atomic E-state index is 12.8. The number of piperazine rings is 1. The van der Waals surface area contributed by atoms with Gasteiger partial charge >= 0.3 is 0 Å². The van der Waals surface area contributed by atoms with E-state index in [-0.39, 0.29) is 28.8 Å². The van der Waals surface area contributed by atoms with Crippen molar-refractivity contribution < 1.29 is 23.1 Å². The van der Waals surface area contributed by atoms with Crippen molar-refractivity contribution in [2.45, 2.75) is 25.4 Å². The van der Waals surface area contributed by atoms with Gasteiger partial charge in [0.15, 0.2) is 0 Å². The van der Waals surface area contributed by atoms with Crippen LogP contribution in [0.3, 0.4) is 0 Å². The van der Waals surface area contributed by atoms with E-state index in [4.69, 9.17) is 0 Å². The summed E-state index contributed by atoms with van der Waals surface area (Å²) >= 11 is 0.